The molecule has 0 aliphatic heterocycles. The third-order valence-corrected chi connectivity index (χ3v) is 8.64. The Kier molecular flexibility index (Phi) is 15.9. The van der Waals surface area contributed by atoms with Crippen molar-refractivity contribution in [2.24, 2.45) is 0 Å². The standard InChI is InChI=1S/C42H33N3O4.CH2Cl2.BBr3/c1-27-15-17-29(18-16-27)39-26-43-40(38(44-39)23-28-9-5-4-6-10-28)45(41(46)36-13-7-11-30-24-32(48-2)19-21-34(30)36)42(47)37-14-8-12-31-25-33(49-3)20-22-35(31)37;2-1-3;2-1(3)4/h4-22,24-26H,23H2,1-3H3;1H2;. The number of aromatic nitrogens is 2. The van der Waals surface area contributed by atoms with Crippen molar-refractivity contribution < 1.29 is 19.1 Å². The molecule has 0 atom stereocenters. The average Bonchev–Trinajstić information content (AvgIpc) is 3.21. The molecule has 0 aliphatic rings. The normalized spacial score (nSPS) is 10.4. The number of aryl methyl sites for hydroxylation is 1. The van der Waals surface area contributed by atoms with Gasteiger partial charge in [0.1, 0.15) is 11.5 Å². The van der Waals surface area contributed by atoms with E-state index < -0.39 is 11.8 Å². The van der Waals surface area contributed by atoms with Crippen LogP contribution in [0.5, 0.6) is 11.5 Å². The monoisotopic (exact) mass is 975 g/mol. The third kappa shape index (κ3) is 10.8. The Balaban J connectivity index is 0.000000795. The lowest BCUT2D eigenvalue weighted by Crippen LogP contribution is -2.39. The lowest BCUT2D eigenvalue weighted by molar-refractivity contribution is 0.0897. The van der Waals surface area contributed by atoms with Gasteiger partial charge in [0, 0.05) is 23.1 Å². The van der Waals surface area contributed by atoms with Crippen LogP contribution in [0.4, 0.5) is 5.82 Å². The van der Waals surface area contributed by atoms with Crippen LogP contribution in [0.2, 0.25) is 0 Å². The molecular formula is C43H35BBr3Cl2N3O4. The minimum absolute atomic E-state index is 0.172. The molecule has 2 amide bonds. The Hall–Kier alpha value is -4.26. The molecule has 13 heteroatoms. The van der Waals surface area contributed by atoms with Crippen LogP contribution in [0, 0.1) is 6.92 Å². The summed E-state index contributed by atoms with van der Waals surface area (Å²) in [6.07, 6.45) is 1.98. The van der Waals surface area contributed by atoms with Gasteiger partial charge < -0.3 is 9.47 Å². The second-order valence-electron chi connectivity index (χ2n) is 12.1. The lowest BCUT2D eigenvalue weighted by Gasteiger charge is -2.24. The smallest absolute Gasteiger partial charge is 0.369 e. The number of hydrogen-bond acceptors (Lipinski definition) is 6. The number of fused-ring (bicyclic) bond motifs is 2. The van der Waals surface area contributed by atoms with Crippen molar-refractivity contribution in [2.75, 3.05) is 24.5 Å². The number of ether oxygens (including phenoxy) is 2. The van der Waals surface area contributed by atoms with E-state index in [9.17, 15) is 9.59 Å². The Morgan fingerprint density at radius 2 is 1.20 bits per heavy atom. The number of carbonyl (C=O) groups excluding carboxylic acids is 2. The van der Waals surface area contributed by atoms with E-state index in [0.29, 0.717) is 51.2 Å². The Bertz CT molecular complexity index is 2340. The number of methoxy groups -OCH3 is 2. The van der Waals surface area contributed by atoms with Gasteiger partial charge in [-0.1, -0.05) is 84.4 Å². The molecule has 0 fully saturated rings. The second-order valence-corrected chi connectivity index (χ2v) is 19.4. The molecular weight excluding hydrogens is 944 g/mol. The highest BCUT2D eigenvalue weighted by molar-refractivity contribution is 9.69. The molecule has 0 bridgehead atoms. The van der Waals surface area contributed by atoms with Crippen LogP contribution in [0.3, 0.4) is 0 Å². The summed E-state index contributed by atoms with van der Waals surface area (Å²) in [4.78, 5) is 41.0. The lowest BCUT2D eigenvalue weighted by atomic mass is 10.0. The number of imide groups is 1. The van der Waals surface area contributed by atoms with Gasteiger partial charge in [-0.3, -0.25) is 9.59 Å². The minimum Gasteiger partial charge on any atom is -0.497 e. The van der Waals surface area contributed by atoms with E-state index in [1.807, 2.05) is 97.9 Å². The van der Waals surface area contributed by atoms with Gasteiger partial charge in [-0.2, -0.15) is 0 Å². The third-order valence-electron chi connectivity index (χ3n) is 8.64. The van der Waals surface area contributed by atoms with Crippen LogP contribution in [-0.4, -0.2) is 44.5 Å². The van der Waals surface area contributed by atoms with Crippen LogP contribution in [-0.2, 0) is 6.42 Å². The molecule has 0 radical (unpaired) electrons. The summed E-state index contributed by atoms with van der Waals surface area (Å²) >= 11 is 18.8. The van der Waals surface area contributed by atoms with E-state index in [2.05, 4.69) is 47.3 Å². The first-order valence-electron chi connectivity index (χ1n) is 17.1. The Morgan fingerprint density at radius 3 is 1.68 bits per heavy atom. The molecule has 0 saturated heterocycles. The van der Waals surface area contributed by atoms with E-state index >= 15 is 0 Å². The largest absolute Gasteiger partial charge is 0.497 e. The van der Waals surface area contributed by atoms with Crippen LogP contribution in [0.1, 0.15) is 37.5 Å². The number of benzene rings is 6. The molecule has 0 unspecified atom stereocenters. The fourth-order valence-corrected chi connectivity index (χ4v) is 6.06. The number of nitrogens with zero attached hydrogens (tertiary/aromatic N) is 3. The van der Waals surface area contributed by atoms with E-state index in [1.54, 1.807) is 56.8 Å². The molecule has 56 heavy (non-hydrogen) atoms. The summed E-state index contributed by atoms with van der Waals surface area (Å²) in [6, 6.07) is 39.8. The number of carbonyl (C=O) groups is 2. The Morgan fingerprint density at radius 1 is 0.696 bits per heavy atom. The zero-order valence-corrected chi connectivity index (χ0v) is 36.8. The van der Waals surface area contributed by atoms with Crippen molar-refractivity contribution in [3.8, 4) is 22.8 Å². The second kappa shape index (κ2) is 20.8. The van der Waals surface area contributed by atoms with E-state index in [0.717, 1.165) is 27.5 Å². The first kappa shape index (κ1) is 42.9. The minimum atomic E-state index is -0.516. The number of rotatable bonds is 8. The number of anilines is 1. The van der Waals surface area contributed by atoms with Crippen LogP contribution >= 0.6 is 70.5 Å². The van der Waals surface area contributed by atoms with Crippen molar-refractivity contribution in [3.05, 3.63) is 162 Å². The van der Waals surface area contributed by atoms with Gasteiger partial charge in [-0.15, -0.1) is 70.5 Å². The van der Waals surface area contributed by atoms with Crippen molar-refractivity contribution >= 4 is 113 Å². The number of amides is 2. The first-order valence-corrected chi connectivity index (χ1v) is 20.9. The van der Waals surface area contributed by atoms with Gasteiger partial charge in [0.15, 0.2) is 5.82 Å². The van der Waals surface area contributed by atoms with Crippen molar-refractivity contribution in [2.45, 2.75) is 13.3 Å². The average molecular weight is 979 g/mol. The highest BCUT2D eigenvalue weighted by Gasteiger charge is 2.32. The van der Waals surface area contributed by atoms with Gasteiger partial charge in [-0.25, -0.2) is 14.9 Å². The van der Waals surface area contributed by atoms with Gasteiger partial charge in [-0.05, 0) is 82.6 Å². The van der Waals surface area contributed by atoms with Gasteiger partial charge in [0.25, 0.3) is 11.8 Å². The molecule has 0 aliphatic carbocycles. The van der Waals surface area contributed by atoms with Gasteiger partial charge >= 0.3 is 3.18 Å². The number of alkyl halides is 2. The summed E-state index contributed by atoms with van der Waals surface area (Å²) < 4.78 is 11.2. The maximum absolute atomic E-state index is 14.9. The van der Waals surface area contributed by atoms with Crippen LogP contribution < -0.4 is 14.4 Å². The summed E-state index contributed by atoms with van der Waals surface area (Å²) in [5.74, 6) is 0.472. The summed E-state index contributed by atoms with van der Waals surface area (Å²) in [5, 5.41) is 3.17. The molecule has 1 heterocycles. The van der Waals surface area contributed by atoms with E-state index in [1.165, 1.54) is 4.90 Å². The zero-order chi connectivity index (χ0) is 40.2. The number of halogens is 5. The van der Waals surface area contributed by atoms with Crippen LogP contribution in [0.15, 0.2) is 134 Å². The summed E-state index contributed by atoms with van der Waals surface area (Å²) in [5.41, 5.74) is 4.82. The van der Waals surface area contributed by atoms with Crippen molar-refractivity contribution in [1.82, 2.24) is 9.97 Å². The molecule has 6 aromatic carbocycles. The molecule has 7 rings (SSSR count). The molecule has 7 nitrogen and oxygen atoms in total. The topological polar surface area (TPSA) is 81.6 Å². The molecule has 0 N–H and O–H groups in total. The van der Waals surface area contributed by atoms with E-state index in [4.69, 9.17) is 42.6 Å². The van der Waals surface area contributed by atoms with Crippen molar-refractivity contribution in [1.29, 1.82) is 0 Å². The number of hydrogen-bond donors (Lipinski definition) is 0. The highest BCUT2D eigenvalue weighted by Crippen LogP contribution is 2.32. The molecule has 7 aromatic rings. The molecule has 0 saturated carbocycles. The maximum atomic E-state index is 14.9. The Labute approximate surface area is 361 Å². The van der Waals surface area contributed by atoms with Crippen molar-refractivity contribution in [3.63, 3.8) is 0 Å². The molecule has 1 aromatic heterocycles. The van der Waals surface area contributed by atoms with E-state index in [-0.39, 0.29) is 14.3 Å². The van der Waals surface area contributed by atoms with Crippen LogP contribution in [0.25, 0.3) is 32.8 Å². The summed E-state index contributed by atoms with van der Waals surface area (Å²) in [6.45, 7) is 2.03. The predicted octanol–water partition coefficient (Wildman–Crippen LogP) is 12.4. The molecule has 0 spiro atoms. The fourth-order valence-electron chi connectivity index (χ4n) is 6.06. The SMILES string of the molecule is BrB(Br)Br.COc1ccc2c(C(=O)N(C(=O)c3cccc4cc(OC)ccc34)c3ncc(-c4ccc(C)cc4)nc3Cc3ccccc3)cccc2c1.ClCCl. The first-order chi connectivity index (χ1) is 27.1. The zero-order valence-electron chi connectivity index (χ0n) is 30.6. The quantitative estimate of drug-likeness (QED) is 0.0857. The van der Waals surface area contributed by atoms with Gasteiger partial charge in [0.05, 0.1) is 37.1 Å². The summed E-state index contributed by atoms with van der Waals surface area (Å²) in [7, 11) is 3.20. The van der Waals surface area contributed by atoms with Gasteiger partial charge in [0.2, 0.25) is 0 Å². The fraction of sp³-hybridized carbons (Fsp3) is 0.116. The maximum Gasteiger partial charge on any atom is 0.369 e. The highest BCUT2D eigenvalue weighted by atomic mass is 79.9. The predicted molar refractivity (Wildman–Crippen MR) is 243 cm³/mol. The molecule has 284 valence electrons.